The van der Waals surface area contributed by atoms with Gasteiger partial charge in [-0.05, 0) is 47.0 Å². The second-order valence-electron chi connectivity index (χ2n) is 4.94. The van der Waals surface area contributed by atoms with E-state index in [2.05, 4.69) is 20.5 Å². The van der Waals surface area contributed by atoms with E-state index in [0.717, 1.165) is 52.4 Å². The molecule has 0 fully saturated rings. The van der Waals surface area contributed by atoms with Crippen LogP contribution in [0.25, 0.3) is 11.3 Å². The molecule has 0 unspecified atom stereocenters. The number of hydrogen-bond donors (Lipinski definition) is 1. The summed E-state index contributed by atoms with van der Waals surface area (Å²) in [6.07, 6.45) is 3.32. The van der Waals surface area contributed by atoms with Crippen LogP contribution in [0.4, 0.5) is 0 Å². The van der Waals surface area contributed by atoms with Crippen LogP contribution in [0.1, 0.15) is 24.4 Å². The van der Waals surface area contributed by atoms with Crippen LogP contribution in [0.15, 0.2) is 22.7 Å². The van der Waals surface area contributed by atoms with E-state index in [1.165, 1.54) is 6.42 Å². The molecule has 5 heteroatoms. The van der Waals surface area contributed by atoms with Gasteiger partial charge in [-0.3, -0.25) is 0 Å². The van der Waals surface area contributed by atoms with E-state index in [4.69, 9.17) is 9.72 Å². The molecular formula is C15H17BrN2O2. The predicted molar refractivity (Wildman–Crippen MR) is 80.8 cm³/mol. The lowest BCUT2D eigenvalue weighted by atomic mass is 10.1. The van der Waals surface area contributed by atoms with Gasteiger partial charge in [-0.1, -0.05) is 0 Å². The summed E-state index contributed by atoms with van der Waals surface area (Å²) in [5, 5.41) is 9.70. The quantitative estimate of drug-likeness (QED) is 0.936. The van der Waals surface area contributed by atoms with Crippen LogP contribution in [0.5, 0.6) is 5.75 Å². The summed E-state index contributed by atoms with van der Waals surface area (Å²) in [4.78, 5) is 4.73. The van der Waals surface area contributed by atoms with Crippen molar-refractivity contribution in [3.8, 4) is 17.0 Å². The lowest BCUT2D eigenvalue weighted by Gasteiger charge is -2.15. The van der Waals surface area contributed by atoms with E-state index in [-0.39, 0.29) is 6.61 Å². The van der Waals surface area contributed by atoms with Gasteiger partial charge in [0.2, 0.25) is 0 Å². The average Bonchev–Trinajstić information content (AvgIpc) is 2.85. The van der Waals surface area contributed by atoms with Crippen LogP contribution < -0.4 is 4.74 Å². The Kier molecular flexibility index (Phi) is 3.81. The Balaban J connectivity index is 2.09. The van der Waals surface area contributed by atoms with Crippen LogP contribution in [-0.4, -0.2) is 21.8 Å². The summed E-state index contributed by atoms with van der Waals surface area (Å²) in [5.41, 5.74) is 2.80. The largest absolute Gasteiger partial charge is 0.496 e. The molecule has 106 valence electrons. The zero-order valence-electron chi connectivity index (χ0n) is 11.4. The highest BCUT2D eigenvalue weighted by molar-refractivity contribution is 9.10. The predicted octanol–water partition coefficient (Wildman–Crippen LogP) is 3.15. The Morgan fingerprint density at radius 3 is 2.95 bits per heavy atom. The first-order valence-electron chi connectivity index (χ1n) is 6.77. The molecule has 1 aliphatic heterocycles. The molecule has 0 spiro atoms. The number of imidazole rings is 1. The SMILES string of the molecule is COc1ccc(-c2nc3n(c2CO)CCCC3)cc1Br. The minimum atomic E-state index is 0.0198. The molecule has 1 aromatic heterocycles. The monoisotopic (exact) mass is 336 g/mol. The number of aryl methyl sites for hydroxylation is 1. The molecule has 0 bridgehead atoms. The molecule has 0 aliphatic carbocycles. The first kappa shape index (κ1) is 13.6. The molecule has 0 saturated carbocycles. The normalized spacial score (nSPS) is 14.2. The highest BCUT2D eigenvalue weighted by atomic mass is 79.9. The number of fused-ring (bicyclic) bond motifs is 1. The number of hydrogen-bond acceptors (Lipinski definition) is 3. The van der Waals surface area contributed by atoms with Gasteiger partial charge in [0.15, 0.2) is 0 Å². The van der Waals surface area contributed by atoms with Crippen molar-refractivity contribution in [1.29, 1.82) is 0 Å². The van der Waals surface area contributed by atoms with Gasteiger partial charge in [-0.25, -0.2) is 4.98 Å². The number of aromatic nitrogens is 2. The Labute approximate surface area is 126 Å². The van der Waals surface area contributed by atoms with Gasteiger partial charge < -0.3 is 14.4 Å². The third-order valence-electron chi connectivity index (χ3n) is 3.76. The Hall–Kier alpha value is -1.33. The lowest BCUT2D eigenvalue weighted by molar-refractivity contribution is 0.268. The van der Waals surface area contributed by atoms with Crippen molar-refractivity contribution >= 4 is 15.9 Å². The number of methoxy groups -OCH3 is 1. The highest BCUT2D eigenvalue weighted by Crippen LogP contribution is 2.33. The number of ether oxygens (including phenoxy) is 1. The van der Waals surface area contributed by atoms with Crippen molar-refractivity contribution in [2.24, 2.45) is 0 Å². The van der Waals surface area contributed by atoms with E-state index >= 15 is 0 Å². The topological polar surface area (TPSA) is 47.3 Å². The molecule has 1 aliphatic rings. The zero-order valence-corrected chi connectivity index (χ0v) is 13.0. The maximum Gasteiger partial charge on any atom is 0.133 e. The molecule has 1 N–H and O–H groups in total. The number of rotatable bonds is 3. The minimum Gasteiger partial charge on any atom is -0.496 e. The molecule has 0 amide bonds. The Morgan fingerprint density at radius 2 is 2.25 bits per heavy atom. The maximum atomic E-state index is 9.70. The molecule has 4 nitrogen and oxygen atoms in total. The van der Waals surface area contributed by atoms with Crippen molar-refractivity contribution in [2.75, 3.05) is 7.11 Å². The highest BCUT2D eigenvalue weighted by Gasteiger charge is 2.20. The van der Waals surface area contributed by atoms with Crippen LogP contribution in [0, 0.1) is 0 Å². The molecule has 1 aromatic carbocycles. The first-order chi connectivity index (χ1) is 9.74. The number of nitrogens with zero attached hydrogens (tertiary/aromatic N) is 2. The molecule has 0 atom stereocenters. The molecular weight excluding hydrogens is 320 g/mol. The van der Waals surface area contributed by atoms with E-state index in [0.29, 0.717) is 0 Å². The van der Waals surface area contributed by atoms with Crippen molar-refractivity contribution in [3.05, 3.63) is 34.2 Å². The van der Waals surface area contributed by atoms with Gasteiger partial charge in [0.25, 0.3) is 0 Å². The fraction of sp³-hybridized carbons (Fsp3) is 0.400. The van der Waals surface area contributed by atoms with Gasteiger partial charge in [-0.2, -0.15) is 0 Å². The Morgan fingerprint density at radius 1 is 1.40 bits per heavy atom. The minimum absolute atomic E-state index is 0.0198. The Bertz CT molecular complexity index is 637. The fourth-order valence-corrected chi connectivity index (χ4v) is 3.29. The molecule has 0 saturated heterocycles. The summed E-state index contributed by atoms with van der Waals surface area (Å²) in [6.45, 7) is 0.974. The van der Waals surface area contributed by atoms with Crippen molar-refractivity contribution in [1.82, 2.24) is 9.55 Å². The third-order valence-corrected chi connectivity index (χ3v) is 4.38. The van der Waals surface area contributed by atoms with E-state index in [1.54, 1.807) is 7.11 Å². The second kappa shape index (κ2) is 5.58. The smallest absolute Gasteiger partial charge is 0.133 e. The van der Waals surface area contributed by atoms with Gasteiger partial charge in [-0.15, -0.1) is 0 Å². The van der Waals surface area contributed by atoms with E-state index < -0.39 is 0 Å². The number of aliphatic hydroxyl groups is 1. The van der Waals surface area contributed by atoms with Crippen LogP contribution in [0.2, 0.25) is 0 Å². The molecule has 3 rings (SSSR count). The summed E-state index contributed by atoms with van der Waals surface area (Å²) < 4.78 is 8.31. The maximum absolute atomic E-state index is 9.70. The zero-order chi connectivity index (χ0) is 14.1. The van der Waals surface area contributed by atoms with Crippen molar-refractivity contribution in [3.63, 3.8) is 0 Å². The van der Waals surface area contributed by atoms with Gasteiger partial charge in [0.05, 0.1) is 29.6 Å². The van der Waals surface area contributed by atoms with Crippen molar-refractivity contribution < 1.29 is 9.84 Å². The second-order valence-corrected chi connectivity index (χ2v) is 5.79. The summed E-state index contributed by atoms with van der Waals surface area (Å²) in [6, 6.07) is 5.89. The molecule has 2 aromatic rings. The van der Waals surface area contributed by atoms with E-state index in [1.807, 2.05) is 18.2 Å². The average molecular weight is 337 g/mol. The van der Waals surface area contributed by atoms with E-state index in [9.17, 15) is 5.11 Å². The fourth-order valence-electron chi connectivity index (χ4n) is 2.75. The van der Waals surface area contributed by atoms with Crippen LogP contribution in [0.3, 0.4) is 0 Å². The van der Waals surface area contributed by atoms with Crippen molar-refractivity contribution in [2.45, 2.75) is 32.4 Å². The third kappa shape index (κ3) is 2.25. The summed E-state index contributed by atoms with van der Waals surface area (Å²) >= 11 is 3.50. The first-order valence-corrected chi connectivity index (χ1v) is 7.57. The standard InChI is InChI=1S/C15H17BrN2O2/c1-20-13-6-5-10(8-11(13)16)15-12(9-19)18-7-3-2-4-14(18)17-15/h5-6,8,19H,2-4,7,9H2,1H3. The van der Waals surface area contributed by atoms with Gasteiger partial charge >= 0.3 is 0 Å². The van der Waals surface area contributed by atoms with Crippen LogP contribution in [-0.2, 0) is 19.6 Å². The summed E-state index contributed by atoms with van der Waals surface area (Å²) in [5.74, 6) is 1.88. The van der Waals surface area contributed by atoms with Gasteiger partial charge in [0, 0.05) is 18.5 Å². The van der Waals surface area contributed by atoms with Crippen LogP contribution >= 0.6 is 15.9 Å². The molecule has 2 heterocycles. The molecule has 0 radical (unpaired) electrons. The molecule has 20 heavy (non-hydrogen) atoms. The lowest BCUT2D eigenvalue weighted by Crippen LogP contribution is -2.12. The number of aliphatic hydroxyl groups excluding tert-OH is 1. The number of halogens is 1. The number of benzene rings is 1. The summed E-state index contributed by atoms with van der Waals surface area (Å²) in [7, 11) is 1.65. The van der Waals surface area contributed by atoms with Gasteiger partial charge in [0.1, 0.15) is 11.6 Å².